The van der Waals surface area contributed by atoms with Gasteiger partial charge in [0.2, 0.25) is 0 Å². The molecule has 1 atom stereocenters. The molecule has 16 heavy (non-hydrogen) atoms. The van der Waals surface area contributed by atoms with E-state index in [0.29, 0.717) is 0 Å². The second-order valence-electron chi connectivity index (χ2n) is 5.32. The Morgan fingerprint density at radius 2 is 1.88 bits per heavy atom. The van der Waals surface area contributed by atoms with Crippen LogP contribution in [0.4, 0.5) is 0 Å². The molecule has 2 fully saturated rings. The lowest BCUT2D eigenvalue weighted by atomic mass is 9.91. The predicted octanol–water partition coefficient (Wildman–Crippen LogP) is 3.88. The minimum absolute atomic E-state index is 0.255. The standard InChI is InChI=1S/C15H20O/c1-2-14(16)13-5-3-4-12(10-6-7-10)15(13)11-8-9-11/h3-5,10-11,14,16H,2,6-9H2,1H3. The number of hydrogen-bond acceptors (Lipinski definition) is 1. The van der Waals surface area contributed by atoms with Crippen molar-refractivity contribution in [3.05, 3.63) is 34.9 Å². The quantitative estimate of drug-likeness (QED) is 0.809. The van der Waals surface area contributed by atoms with Crippen molar-refractivity contribution in [2.45, 2.75) is 57.0 Å². The van der Waals surface area contributed by atoms with Crippen LogP contribution in [0.25, 0.3) is 0 Å². The van der Waals surface area contributed by atoms with Crippen molar-refractivity contribution in [2.24, 2.45) is 0 Å². The van der Waals surface area contributed by atoms with Crippen molar-refractivity contribution in [3.8, 4) is 0 Å². The molecule has 1 heteroatoms. The zero-order valence-corrected chi connectivity index (χ0v) is 9.95. The van der Waals surface area contributed by atoms with Gasteiger partial charge in [0.1, 0.15) is 0 Å². The number of hydrogen-bond donors (Lipinski definition) is 1. The summed E-state index contributed by atoms with van der Waals surface area (Å²) in [6, 6.07) is 6.55. The van der Waals surface area contributed by atoms with Gasteiger partial charge in [-0.05, 0) is 60.6 Å². The summed E-state index contributed by atoms with van der Waals surface area (Å²) in [5.74, 6) is 1.56. The third kappa shape index (κ3) is 1.78. The van der Waals surface area contributed by atoms with Crippen LogP contribution in [-0.2, 0) is 0 Å². The highest BCUT2D eigenvalue weighted by Crippen LogP contribution is 2.51. The third-order valence-corrected chi connectivity index (χ3v) is 3.92. The molecule has 0 heterocycles. The Labute approximate surface area is 97.5 Å². The molecule has 1 N–H and O–H groups in total. The first-order valence-corrected chi connectivity index (χ1v) is 6.62. The monoisotopic (exact) mass is 216 g/mol. The Morgan fingerprint density at radius 3 is 2.44 bits per heavy atom. The van der Waals surface area contributed by atoms with Gasteiger partial charge in [-0.25, -0.2) is 0 Å². The SMILES string of the molecule is CCC(O)c1cccc(C2CC2)c1C1CC1. The molecule has 0 spiro atoms. The summed E-state index contributed by atoms with van der Waals surface area (Å²) >= 11 is 0. The van der Waals surface area contributed by atoms with Crippen molar-refractivity contribution in [1.82, 2.24) is 0 Å². The van der Waals surface area contributed by atoms with E-state index in [9.17, 15) is 5.11 Å². The van der Waals surface area contributed by atoms with E-state index in [2.05, 4.69) is 25.1 Å². The molecule has 2 aliphatic rings. The highest BCUT2D eigenvalue weighted by molar-refractivity contribution is 5.44. The van der Waals surface area contributed by atoms with Crippen molar-refractivity contribution >= 4 is 0 Å². The van der Waals surface area contributed by atoms with Crippen LogP contribution in [0.1, 0.15) is 73.7 Å². The molecule has 1 aromatic rings. The Kier molecular flexibility index (Phi) is 2.51. The van der Waals surface area contributed by atoms with Crippen LogP contribution in [0.3, 0.4) is 0 Å². The van der Waals surface area contributed by atoms with E-state index in [4.69, 9.17) is 0 Å². The van der Waals surface area contributed by atoms with Gasteiger partial charge in [0.15, 0.2) is 0 Å². The molecule has 0 saturated heterocycles. The molecule has 0 aliphatic heterocycles. The van der Waals surface area contributed by atoms with Gasteiger partial charge in [-0.15, -0.1) is 0 Å². The molecule has 0 bridgehead atoms. The predicted molar refractivity (Wildman–Crippen MR) is 65.6 cm³/mol. The summed E-state index contributed by atoms with van der Waals surface area (Å²) < 4.78 is 0. The first kappa shape index (κ1) is 10.3. The Bertz CT molecular complexity index is 388. The molecule has 0 amide bonds. The summed E-state index contributed by atoms with van der Waals surface area (Å²) in [6.07, 6.45) is 5.93. The van der Waals surface area contributed by atoms with Gasteiger partial charge in [0.05, 0.1) is 6.10 Å². The number of aliphatic hydroxyl groups is 1. The van der Waals surface area contributed by atoms with E-state index in [1.807, 2.05) is 0 Å². The molecular formula is C15H20O. The summed E-state index contributed by atoms with van der Waals surface area (Å²) in [7, 11) is 0. The van der Waals surface area contributed by atoms with Gasteiger partial charge >= 0.3 is 0 Å². The molecular weight excluding hydrogens is 196 g/mol. The average Bonchev–Trinajstić information content (AvgIpc) is 3.19. The number of rotatable bonds is 4. The van der Waals surface area contributed by atoms with E-state index < -0.39 is 0 Å². The fourth-order valence-electron chi connectivity index (χ4n) is 2.71. The lowest BCUT2D eigenvalue weighted by Crippen LogP contribution is -2.03. The average molecular weight is 216 g/mol. The lowest BCUT2D eigenvalue weighted by molar-refractivity contribution is 0.172. The molecule has 1 nitrogen and oxygen atoms in total. The van der Waals surface area contributed by atoms with Gasteiger partial charge < -0.3 is 5.11 Å². The van der Waals surface area contributed by atoms with Crippen LogP contribution < -0.4 is 0 Å². The normalized spacial score (nSPS) is 22.1. The Hall–Kier alpha value is -0.820. The second kappa shape index (κ2) is 3.89. The largest absolute Gasteiger partial charge is 0.388 e. The minimum atomic E-state index is -0.255. The van der Waals surface area contributed by atoms with Crippen LogP contribution in [0, 0.1) is 0 Å². The van der Waals surface area contributed by atoms with Crippen molar-refractivity contribution < 1.29 is 5.11 Å². The van der Waals surface area contributed by atoms with Gasteiger partial charge in [-0.1, -0.05) is 25.1 Å². The van der Waals surface area contributed by atoms with E-state index in [-0.39, 0.29) is 6.10 Å². The van der Waals surface area contributed by atoms with Crippen LogP contribution in [-0.4, -0.2) is 5.11 Å². The zero-order chi connectivity index (χ0) is 11.1. The maximum atomic E-state index is 10.1. The van der Waals surface area contributed by atoms with Gasteiger partial charge in [0.25, 0.3) is 0 Å². The molecule has 3 rings (SSSR count). The molecule has 86 valence electrons. The Balaban J connectivity index is 2.04. The summed E-state index contributed by atoms with van der Waals surface area (Å²) in [5, 5.41) is 10.1. The highest BCUT2D eigenvalue weighted by atomic mass is 16.3. The van der Waals surface area contributed by atoms with E-state index in [0.717, 1.165) is 18.3 Å². The molecule has 2 saturated carbocycles. The fourth-order valence-corrected chi connectivity index (χ4v) is 2.71. The van der Waals surface area contributed by atoms with Crippen LogP contribution in [0.2, 0.25) is 0 Å². The molecule has 0 radical (unpaired) electrons. The van der Waals surface area contributed by atoms with Gasteiger partial charge in [0, 0.05) is 0 Å². The van der Waals surface area contributed by atoms with Crippen LogP contribution >= 0.6 is 0 Å². The fraction of sp³-hybridized carbons (Fsp3) is 0.600. The van der Waals surface area contributed by atoms with Crippen LogP contribution in [0.15, 0.2) is 18.2 Å². The van der Waals surface area contributed by atoms with Crippen molar-refractivity contribution in [2.75, 3.05) is 0 Å². The van der Waals surface area contributed by atoms with Crippen molar-refractivity contribution in [1.29, 1.82) is 0 Å². The topological polar surface area (TPSA) is 20.2 Å². The third-order valence-electron chi connectivity index (χ3n) is 3.92. The number of aliphatic hydroxyl groups excluding tert-OH is 1. The molecule has 2 aliphatic carbocycles. The van der Waals surface area contributed by atoms with Crippen molar-refractivity contribution in [3.63, 3.8) is 0 Å². The summed E-state index contributed by atoms with van der Waals surface area (Å²) in [6.45, 7) is 2.06. The molecule has 1 aromatic carbocycles. The smallest absolute Gasteiger partial charge is 0.0790 e. The van der Waals surface area contributed by atoms with E-state index in [1.54, 1.807) is 5.56 Å². The first-order valence-electron chi connectivity index (χ1n) is 6.62. The van der Waals surface area contributed by atoms with Crippen LogP contribution in [0.5, 0.6) is 0 Å². The minimum Gasteiger partial charge on any atom is -0.388 e. The van der Waals surface area contributed by atoms with Gasteiger partial charge in [-0.3, -0.25) is 0 Å². The molecule has 0 aromatic heterocycles. The number of benzene rings is 1. The molecule has 1 unspecified atom stereocenters. The maximum absolute atomic E-state index is 10.1. The Morgan fingerprint density at radius 1 is 1.19 bits per heavy atom. The highest BCUT2D eigenvalue weighted by Gasteiger charge is 2.34. The van der Waals surface area contributed by atoms with E-state index in [1.165, 1.54) is 36.8 Å². The lowest BCUT2D eigenvalue weighted by Gasteiger charge is -2.17. The van der Waals surface area contributed by atoms with E-state index >= 15 is 0 Å². The second-order valence-corrected chi connectivity index (χ2v) is 5.32. The first-order chi connectivity index (χ1) is 7.81. The summed E-state index contributed by atoms with van der Waals surface area (Å²) in [4.78, 5) is 0. The van der Waals surface area contributed by atoms with Gasteiger partial charge in [-0.2, -0.15) is 0 Å². The zero-order valence-electron chi connectivity index (χ0n) is 9.95. The summed E-state index contributed by atoms with van der Waals surface area (Å²) in [5.41, 5.74) is 4.28. The maximum Gasteiger partial charge on any atom is 0.0790 e.